The van der Waals surface area contributed by atoms with E-state index in [1.807, 2.05) is 0 Å². The standard InChI is InChI=1S/C15H28N4/c1-4-9-17-15(16-6-3)18-13-14-7-11-19(10-5-2)12-8-14/h1,14H,5-13H2,2-3H3,(H2,16,17,18). The molecule has 0 atom stereocenters. The first-order valence-corrected chi connectivity index (χ1v) is 7.48. The molecule has 2 N–H and O–H groups in total. The molecule has 0 amide bonds. The van der Waals surface area contributed by atoms with Crippen LogP contribution >= 0.6 is 0 Å². The summed E-state index contributed by atoms with van der Waals surface area (Å²) in [7, 11) is 0. The largest absolute Gasteiger partial charge is 0.357 e. The molecule has 0 radical (unpaired) electrons. The number of hydrogen-bond acceptors (Lipinski definition) is 2. The number of guanidine groups is 1. The predicted molar refractivity (Wildman–Crippen MR) is 82.3 cm³/mol. The van der Waals surface area contributed by atoms with E-state index < -0.39 is 0 Å². The molecule has 108 valence electrons. The summed E-state index contributed by atoms with van der Waals surface area (Å²) in [6, 6.07) is 0. The van der Waals surface area contributed by atoms with E-state index in [1.165, 1.54) is 38.9 Å². The Bertz CT molecular complexity index is 298. The highest BCUT2D eigenvalue weighted by Crippen LogP contribution is 2.17. The van der Waals surface area contributed by atoms with Crippen LogP contribution in [-0.4, -0.2) is 50.1 Å². The lowest BCUT2D eigenvalue weighted by atomic mass is 9.97. The van der Waals surface area contributed by atoms with Crippen molar-refractivity contribution < 1.29 is 0 Å². The molecule has 1 rings (SSSR count). The number of terminal acetylenes is 1. The second kappa shape index (κ2) is 9.69. The van der Waals surface area contributed by atoms with Crippen LogP contribution < -0.4 is 10.6 Å². The molecule has 0 unspecified atom stereocenters. The highest BCUT2D eigenvalue weighted by atomic mass is 15.2. The first-order valence-electron chi connectivity index (χ1n) is 7.48. The molecular formula is C15H28N4. The Balaban J connectivity index is 2.31. The zero-order valence-corrected chi connectivity index (χ0v) is 12.4. The Morgan fingerprint density at radius 2 is 2.05 bits per heavy atom. The van der Waals surface area contributed by atoms with Crippen LogP contribution in [0.1, 0.15) is 33.1 Å². The van der Waals surface area contributed by atoms with Gasteiger partial charge in [-0.05, 0) is 51.7 Å². The van der Waals surface area contributed by atoms with E-state index in [4.69, 9.17) is 6.42 Å². The van der Waals surface area contributed by atoms with Crippen molar-refractivity contribution in [2.24, 2.45) is 10.9 Å². The van der Waals surface area contributed by atoms with Crippen molar-refractivity contribution in [3.63, 3.8) is 0 Å². The monoisotopic (exact) mass is 264 g/mol. The van der Waals surface area contributed by atoms with E-state index in [-0.39, 0.29) is 0 Å². The van der Waals surface area contributed by atoms with Crippen molar-refractivity contribution in [2.45, 2.75) is 33.1 Å². The van der Waals surface area contributed by atoms with Crippen molar-refractivity contribution in [1.82, 2.24) is 15.5 Å². The third-order valence-electron chi connectivity index (χ3n) is 3.46. The molecule has 4 nitrogen and oxygen atoms in total. The molecule has 1 aliphatic heterocycles. The zero-order chi connectivity index (χ0) is 13.9. The quantitative estimate of drug-likeness (QED) is 0.431. The van der Waals surface area contributed by atoms with Gasteiger partial charge >= 0.3 is 0 Å². The van der Waals surface area contributed by atoms with Gasteiger partial charge in [-0.1, -0.05) is 12.8 Å². The van der Waals surface area contributed by atoms with Crippen LogP contribution in [0.2, 0.25) is 0 Å². The fraction of sp³-hybridized carbons (Fsp3) is 0.800. The zero-order valence-electron chi connectivity index (χ0n) is 12.4. The maximum absolute atomic E-state index is 5.25. The Hall–Kier alpha value is -1.21. The van der Waals surface area contributed by atoms with Gasteiger partial charge in [0.05, 0.1) is 6.54 Å². The number of piperidine rings is 1. The smallest absolute Gasteiger partial charge is 0.192 e. The summed E-state index contributed by atoms with van der Waals surface area (Å²) < 4.78 is 0. The van der Waals surface area contributed by atoms with Crippen molar-refractivity contribution >= 4 is 5.96 Å². The molecule has 0 saturated carbocycles. The number of nitrogens with zero attached hydrogens (tertiary/aromatic N) is 2. The number of rotatable bonds is 6. The minimum atomic E-state index is 0.529. The summed E-state index contributed by atoms with van der Waals surface area (Å²) in [6.07, 6.45) is 9.03. The van der Waals surface area contributed by atoms with Crippen molar-refractivity contribution in [3.8, 4) is 12.3 Å². The normalized spacial score (nSPS) is 18.1. The van der Waals surface area contributed by atoms with Gasteiger partial charge in [0.15, 0.2) is 5.96 Å². The summed E-state index contributed by atoms with van der Waals surface area (Å²) in [4.78, 5) is 7.18. The van der Waals surface area contributed by atoms with E-state index in [9.17, 15) is 0 Å². The molecule has 1 aliphatic rings. The SMILES string of the molecule is C#CCNC(=NCC1CCN(CCC)CC1)NCC. The highest BCUT2D eigenvalue weighted by Gasteiger charge is 2.18. The van der Waals surface area contributed by atoms with Gasteiger partial charge in [-0.15, -0.1) is 6.42 Å². The molecular weight excluding hydrogens is 236 g/mol. The average molecular weight is 264 g/mol. The van der Waals surface area contributed by atoms with Crippen LogP contribution in [0.15, 0.2) is 4.99 Å². The van der Waals surface area contributed by atoms with E-state index in [0.717, 1.165) is 25.0 Å². The summed E-state index contributed by atoms with van der Waals surface area (Å²) in [5, 5.41) is 6.35. The number of aliphatic imine (C=N–C) groups is 1. The van der Waals surface area contributed by atoms with Crippen LogP contribution in [0.3, 0.4) is 0 Å². The molecule has 1 saturated heterocycles. The van der Waals surface area contributed by atoms with Crippen LogP contribution in [0.5, 0.6) is 0 Å². The first kappa shape index (κ1) is 15.8. The third kappa shape index (κ3) is 6.49. The lowest BCUT2D eigenvalue weighted by Gasteiger charge is -2.31. The summed E-state index contributed by atoms with van der Waals surface area (Å²) in [6.45, 7) is 10.3. The van der Waals surface area contributed by atoms with E-state index in [2.05, 4.69) is 40.3 Å². The molecule has 4 heteroatoms. The maximum Gasteiger partial charge on any atom is 0.192 e. The Labute approximate surface area is 118 Å². The fourth-order valence-corrected chi connectivity index (χ4v) is 2.41. The van der Waals surface area contributed by atoms with Gasteiger partial charge in [-0.25, -0.2) is 0 Å². The maximum atomic E-state index is 5.25. The van der Waals surface area contributed by atoms with Crippen molar-refractivity contribution in [3.05, 3.63) is 0 Å². The number of hydrogen-bond donors (Lipinski definition) is 2. The molecule has 0 aliphatic carbocycles. The molecule has 0 aromatic heterocycles. The molecule has 0 bridgehead atoms. The van der Waals surface area contributed by atoms with Gasteiger partial charge in [0, 0.05) is 13.1 Å². The van der Waals surface area contributed by atoms with Crippen LogP contribution in [0, 0.1) is 18.3 Å². The second-order valence-corrected chi connectivity index (χ2v) is 5.06. The third-order valence-corrected chi connectivity index (χ3v) is 3.46. The molecule has 0 aromatic carbocycles. The molecule has 0 spiro atoms. The first-order chi connectivity index (χ1) is 9.30. The lowest BCUT2D eigenvalue weighted by molar-refractivity contribution is 0.188. The fourth-order valence-electron chi connectivity index (χ4n) is 2.41. The summed E-state index contributed by atoms with van der Waals surface area (Å²) >= 11 is 0. The summed E-state index contributed by atoms with van der Waals surface area (Å²) in [5.41, 5.74) is 0. The van der Waals surface area contributed by atoms with Gasteiger partial charge in [0.25, 0.3) is 0 Å². The van der Waals surface area contributed by atoms with Gasteiger partial charge in [-0.2, -0.15) is 0 Å². The van der Waals surface area contributed by atoms with Gasteiger partial charge < -0.3 is 15.5 Å². The second-order valence-electron chi connectivity index (χ2n) is 5.06. The summed E-state index contributed by atoms with van der Waals surface area (Å²) in [5.74, 6) is 4.14. The number of nitrogens with one attached hydrogen (secondary N) is 2. The van der Waals surface area contributed by atoms with Crippen LogP contribution in [-0.2, 0) is 0 Å². The topological polar surface area (TPSA) is 39.7 Å². The van der Waals surface area contributed by atoms with Crippen molar-refractivity contribution in [2.75, 3.05) is 39.3 Å². The predicted octanol–water partition coefficient (Wildman–Crippen LogP) is 1.30. The van der Waals surface area contributed by atoms with Crippen LogP contribution in [0.25, 0.3) is 0 Å². The molecule has 19 heavy (non-hydrogen) atoms. The number of likely N-dealkylation sites (tertiary alicyclic amines) is 1. The minimum absolute atomic E-state index is 0.529. The van der Waals surface area contributed by atoms with E-state index in [0.29, 0.717) is 6.54 Å². The Kier molecular flexibility index (Phi) is 8.08. The van der Waals surface area contributed by atoms with Gasteiger partial charge in [0.1, 0.15) is 0 Å². The molecule has 1 heterocycles. The van der Waals surface area contributed by atoms with E-state index in [1.54, 1.807) is 0 Å². The lowest BCUT2D eigenvalue weighted by Crippen LogP contribution is -2.39. The van der Waals surface area contributed by atoms with Gasteiger partial charge in [-0.3, -0.25) is 4.99 Å². The highest BCUT2D eigenvalue weighted by molar-refractivity contribution is 5.79. The minimum Gasteiger partial charge on any atom is -0.357 e. The molecule has 1 fully saturated rings. The van der Waals surface area contributed by atoms with E-state index >= 15 is 0 Å². The van der Waals surface area contributed by atoms with Crippen molar-refractivity contribution in [1.29, 1.82) is 0 Å². The van der Waals surface area contributed by atoms with Crippen LogP contribution in [0.4, 0.5) is 0 Å². The average Bonchev–Trinajstić information content (AvgIpc) is 2.44. The Morgan fingerprint density at radius 1 is 1.32 bits per heavy atom. The Morgan fingerprint density at radius 3 is 2.63 bits per heavy atom. The van der Waals surface area contributed by atoms with Gasteiger partial charge in [0.2, 0.25) is 0 Å². The molecule has 0 aromatic rings.